The lowest BCUT2D eigenvalue weighted by molar-refractivity contribution is 0.687. The summed E-state index contributed by atoms with van der Waals surface area (Å²) < 4.78 is 1.99. The van der Waals surface area contributed by atoms with E-state index in [0.29, 0.717) is 6.04 Å². The number of anilines is 1. The van der Waals surface area contributed by atoms with Gasteiger partial charge >= 0.3 is 0 Å². The average molecular weight is 337 g/mol. The molecule has 0 spiro atoms. The molecule has 1 N–H and O–H groups in total. The van der Waals surface area contributed by atoms with Gasteiger partial charge in [0.15, 0.2) is 0 Å². The number of aryl methyl sites for hydroxylation is 2. The van der Waals surface area contributed by atoms with Crippen LogP contribution in [0, 0.1) is 0 Å². The van der Waals surface area contributed by atoms with Crippen LogP contribution in [0.4, 0.5) is 5.69 Å². The molecule has 1 aliphatic rings. The van der Waals surface area contributed by atoms with E-state index in [2.05, 4.69) is 53.9 Å². The van der Waals surface area contributed by atoms with Gasteiger partial charge in [-0.25, -0.2) is 0 Å². The van der Waals surface area contributed by atoms with Gasteiger partial charge in [-0.1, -0.05) is 30.3 Å². The molecule has 1 unspecified atom stereocenters. The van der Waals surface area contributed by atoms with Crippen LogP contribution >= 0.6 is 11.3 Å². The number of rotatable bonds is 5. The topological polar surface area (TPSA) is 29.9 Å². The first-order valence-corrected chi connectivity index (χ1v) is 9.54. The van der Waals surface area contributed by atoms with Crippen LogP contribution < -0.4 is 5.32 Å². The molecule has 0 saturated carbocycles. The van der Waals surface area contributed by atoms with Crippen LogP contribution in [0.5, 0.6) is 0 Å². The van der Waals surface area contributed by atoms with E-state index in [1.54, 1.807) is 10.4 Å². The van der Waals surface area contributed by atoms with Gasteiger partial charge in [0.2, 0.25) is 0 Å². The first kappa shape index (κ1) is 15.5. The van der Waals surface area contributed by atoms with Gasteiger partial charge in [-0.05, 0) is 49.8 Å². The number of nitrogens with one attached hydrogen (secondary N) is 1. The molecule has 0 saturated heterocycles. The number of benzene rings is 1. The minimum Gasteiger partial charge on any atom is -0.375 e. The first-order valence-electron chi connectivity index (χ1n) is 8.72. The van der Waals surface area contributed by atoms with Gasteiger partial charge in [-0.2, -0.15) is 5.10 Å². The zero-order chi connectivity index (χ0) is 16.4. The maximum Gasteiger partial charge on any atom is 0.0731 e. The highest BCUT2D eigenvalue weighted by Gasteiger charge is 2.16. The molecule has 4 rings (SSSR count). The van der Waals surface area contributed by atoms with Crippen LogP contribution in [0.15, 0.2) is 48.8 Å². The van der Waals surface area contributed by atoms with Gasteiger partial charge in [-0.15, -0.1) is 11.3 Å². The second-order valence-corrected chi connectivity index (χ2v) is 7.75. The highest BCUT2D eigenvalue weighted by atomic mass is 32.1. The third-order valence-corrected chi connectivity index (χ3v) is 6.07. The monoisotopic (exact) mass is 337 g/mol. The number of hydrogen-bond acceptors (Lipinski definition) is 3. The zero-order valence-electron chi connectivity index (χ0n) is 14.0. The maximum atomic E-state index is 4.48. The molecule has 24 heavy (non-hydrogen) atoms. The Morgan fingerprint density at radius 1 is 1.21 bits per heavy atom. The fourth-order valence-electron chi connectivity index (χ4n) is 3.34. The molecular weight excluding hydrogens is 314 g/mol. The van der Waals surface area contributed by atoms with Crippen molar-refractivity contribution in [1.29, 1.82) is 0 Å². The van der Waals surface area contributed by atoms with Crippen molar-refractivity contribution in [3.05, 3.63) is 69.7 Å². The molecule has 3 nitrogen and oxygen atoms in total. The SMILES string of the molecule is CC(Nc1cnn(Cc2ccccc2)c1)c1cc2c(s1)CCCC2. The fraction of sp³-hybridized carbons (Fsp3) is 0.350. The van der Waals surface area contributed by atoms with E-state index in [9.17, 15) is 0 Å². The maximum absolute atomic E-state index is 4.48. The molecule has 1 atom stereocenters. The summed E-state index contributed by atoms with van der Waals surface area (Å²) in [5, 5.41) is 8.08. The van der Waals surface area contributed by atoms with Crippen molar-refractivity contribution < 1.29 is 0 Å². The molecule has 124 valence electrons. The Balaban J connectivity index is 1.42. The number of hydrogen-bond donors (Lipinski definition) is 1. The Bertz CT molecular complexity index is 780. The van der Waals surface area contributed by atoms with E-state index in [1.165, 1.54) is 36.1 Å². The van der Waals surface area contributed by atoms with Crippen LogP contribution in [0.3, 0.4) is 0 Å². The summed E-state index contributed by atoms with van der Waals surface area (Å²) in [7, 11) is 0. The molecule has 3 aromatic rings. The lowest BCUT2D eigenvalue weighted by Crippen LogP contribution is -2.04. The van der Waals surface area contributed by atoms with Crippen molar-refractivity contribution >= 4 is 17.0 Å². The molecule has 1 aliphatic carbocycles. The molecule has 2 aromatic heterocycles. The molecule has 2 heterocycles. The second-order valence-electron chi connectivity index (χ2n) is 6.58. The quantitative estimate of drug-likeness (QED) is 0.706. The highest BCUT2D eigenvalue weighted by molar-refractivity contribution is 7.12. The highest BCUT2D eigenvalue weighted by Crippen LogP contribution is 2.33. The third kappa shape index (κ3) is 3.39. The second kappa shape index (κ2) is 6.81. The molecule has 1 aromatic carbocycles. The van der Waals surface area contributed by atoms with E-state index in [4.69, 9.17) is 0 Å². The molecule has 0 radical (unpaired) electrons. The largest absolute Gasteiger partial charge is 0.375 e. The molecule has 0 bridgehead atoms. The van der Waals surface area contributed by atoms with Crippen molar-refractivity contribution in [3.63, 3.8) is 0 Å². The van der Waals surface area contributed by atoms with Crippen molar-refractivity contribution in [1.82, 2.24) is 9.78 Å². The molecule has 0 aliphatic heterocycles. The van der Waals surface area contributed by atoms with Gasteiger partial charge in [0.1, 0.15) is 0 Å². The zero-order valence-corrected chi connectivity index (χ0v) is 14.9. The predicted molar refractivity (Wildman–Crippen MR) is 101 cm³/mol. The van der Waals surface area contributed by atoms with Crippen LogP contribution in [0.25, 0.3) is 0 Å². The van der Waals surface area contributed by atoms with Gasteiger partial charge in [-0.3, -0.25) is 4.68 Å². The summed E-state index contributed by atoms with van der Waals surface area (Å²) in [6.45, 7) is 3.05. The number of fused-ring (bicyclic) bond motifs is 1. The summed E-state index contributed by atoms with van der Waals surface area (Å²) in [5.41, 5.74) is 3.94. The fourth-order valence-corrected chi connectivity index (χ4v) is 4.60. The van der Waals surface area contributed by atoms with Crippen molar-refractivity contribution in [2.45, 2.75) is 45.2 Å². The standard InChI is InChI=1S/C20H23N3S/c1-15(20-11-17-9-5-6-10-19(17)24-20)22-18-12-21-23(14-18)13-16-7-3-2-4-8-16/h2-4,7-8,11-12,14-15,22H,5-6,9-10,13H2,1H3. The lowest BCUT2D eigenvalue weighted by Gasteiger charge is -2.11. The smallest absolute Gasteiger partial charge is 0.0731 e. The minimum atomic E-state index is 0.329. The molecular formula is C20H23N3S. The van der Waals surface area contributed by atoms with E-state index in [-0.39, 0.29) is 0 Å². The Morgan fingerprint density at radius 2 is 2.04 bits per heavy atom. The third-order valence-electron chi connectivity index (χ3n) is 4.65. The Hall–Kier alpha value is -2.07. The van der Waals surface area contributed by atoms with Crippen molar-refractivity contribution in [2.24, 2.45) is 0 Å². The van der Waals surface area contributed by atoms with E-state index in [0.717, 1.165) is 12.2 Å². The van der Waals surface area contributed by atoms with E-state index < -0.39 is 0 Å². The summed E-state index contributed by atoms with van der Waals surface area (Å²) in [6.07, 6.45) is 9.23. The number of nitrogens with zero attached hydrogens (tertiary/aromatic N) is 2. The van der Waals surface area contributed by atoms with Crippen LogP contribution in [-0.2, 0) is 19.4 Å². The predicted octanol–water partition coefficient (Wildman–Crippen LogP) is 5.04. The number of thiophene rings is 1. The molecule has 4 heteroatoms. The van der Waals surface area contributed by atoms with Crippen LogP contribution in [0.2, 0.25) is 0 Å². The summed E-state index contributed by atoms with van der Waals surface area (Å²) in [6, 6.07) is 13.2. The molecule has 0 amide bonds. The average Bonchev–Trinajstić information content (AvgIpc) is 3.22. The summed E-state index contributed by atoms with van der Waals surface area (Å²) >= 11 is 1.98. The van der Waals surface area contributed by atoms with Crippen LogP contribution in [-0.4, -0.2) is 9.78 Å². The van der Waals surface area contributed by atoms with Gasteiger partial charge in [0, 0.05) is 16.0 Å². The molecule has 0 fully saturated rings. The Kier molecular flexibility index (Phi) is 4.39. The lowest BCUT2D eigenvalue weighted by atomic mass is 9.99. The normalized spacial score (nSPS) is 15.0. The van der Waals surface area contributed by atoms with E-state index in [1.807, 2.05) is 28.3 Å². The number of aromatic nitrogens is 2. The Labute approximate surface area is 147 Å². The van der Waals surface area contributed by atoms with E-state index >= 15 is 0 Å². The first-order chi connectivity index (χ1) is 11.8. The van der Waals surface area contributed by atoms with Gasteiger partial charge in [0.25, 0.3) is 0 Å². The van der Waals surface area contributed by atoms with Crippen LogP contribution in [0.1, 0.15) is 46.7 Å². The van der Waals surface area contributed by atoms with Crippen molar-refractivity contribution in [3.8, 4) is 0 Å². The summed E-state index contributed by atoms with van der Waals surface area (Å²) in [5.74, 6) is 0. The minimum absolute atomic E-state index is 0.329. The summed E-state index contributed by atoms with van der Waals surface area (Å²) in [4.78, 5) is 3.04. The Morgan fingerprint density at radius 3 is 2.88 bits per heavy atom. The van der Waals surface area contributed by atoms with Gasteiger partial charge < -0.3 is 5.32 Å². The van der Waals surface area contributed by atoms with Gasteiger partial charge in [0.05, 0.1) is 24.5 Å². The van der Waals surface area contributed by atoms with Crippen molar-refractivity contribution in [2.75, 3.05) is 5.32 Å².